The summed E-state index contributed by atoms with van der Waals surface area (Å²) in [5.74, 6) is 1.00. The van der Waals surface area contributed by atoms with Gasteiger partial charge in [0.25, 0.3) is 0 Å². The molecular formula is C11H22N3OP. The van der Waals surface area contributed by atoms with Gasteiger partial charge in [-0.2, -0.15) is 4.76 Å². The van der Waals surface area contributed by atoms with Crippen molar-refractivity contribution >= 4 is 13.3 Å². The van der Waals surface area contributed by atoms with Gasteiger partial charge in [0, 0.05) is 39.5 Å². The summed E-state index contributed by atoms with van der Waals surface area (Å²) in [6, 6.07) is 0. The lowest BCUT2D eigenvalue weighted by Crippen LogP contribution is -2.41. The summed E-state index contributed by atoms with van der Waals surface area (Å²) >= 11 is 0. The van der Waals surface area contributed by atoms with Crippen molar-refractivity contribution in [1.29, 1.82) is 0 Å². The molecule has 0 unspecified atom stereocenters. The van der Waals surface area contributed by atoms with Crippen molar-refractivity contribution in [2.45, 2.75) is 25.7 Å². The Morgan fingerprint density at radius 2 is 1.31 bits per heavy atom. The molecule has 0 saturated carbocycles. The third-order valence-corrected chi connectivity index (χ3v) is 3.77. The van der Waals surface area contributed by atoms with Crippen LogP contribution in [0, 0.1) is 0 Å². The Balaban J connectivity index is 2.17. The Morgan fingerprint density at radius 1 is 0.938 bits per heavy atom. The molecule has 2 aliphatic heterocycles. The Bertz CT molecular complexity index is 293. The molecule has 16 heavy (non-hydrogen) atoms. The van der Waals surface area contributed by atoms with E-state index in [4.69, 9.17) is 0 Å². The molecule has 0 radical (unpaired) electrons. The van der Waals surface area contributed by atoms with Gasteiger partial charge in [-0.25, -0.2) is 0 Å². The number of hydrogen-bond acceptors (Lipinski definition) is 1. The summed E-state index contributed by atoms with van der Waals surface area (Å²) in [5.41, 5.74) is 0. The van der Waals surface area contributed by atoms with E-state index in [2.05, 4.69) is 14.6 Å². The van der Waals surface area contributed by atoms with Crippen LogP contribution in [-0.4, -0.2) is 55.3 Å². The van der Waals surface area contributed by atoms with Crippen LogP contribution in [0.3, 0.4) is 0 Å². The van der Waals surface area contributed by atoms with Gasteiger partial charge in [0.05, 0.1) is 0 Å². The number of likely N-dealkylation sites (tertiary alicyclic amines) is 2. The predicted molar refractivity (Wildman–Crippen MR) is 68.5 cm³/mol. The average molecular weight is 243 g/mol. The summed E-state index contributed by atoms with van der Waals surface area (Å²) in [6.45, 7) is 7.81. The van der Waals surface area contributed by atoms with Crippen LogP contribution in [0.25, 0.3) is 0 Å². The molecule has 2 aliphatic rings. The van der Waals surface area contributed by atoms with E-state index in [1.807, 2.05) is 0 Å². The second-order valence-electron chi connectivity index (χ2n) is 5.08. The molecule has 5 heteroatoms. The molecule has 0 aromatic heterocycles. The zero-order valence-electron chi connectivity index (χ0n) is 10.4. The molecule has 0 aliphatic carbocycles. The van der Waals surface area contributed by atoms with Crippen LogP contribution in [0.1, 0.15) is 25.7 Å². The summed E-state index contributed by atoms with van der Waals surface area (Å²) in [7, 11) is -2.32. The second-order valence-corrected chi connectivity index (χ2v) is 7.87. The van der Waals surface area contributed by atoms with E-state index in [0.29, 0.717) is 0 Å². The molecule has 0 atom stereocenters. The zero-order valence-corrected chi connectivity index (χ0v) is 11.2. The zero-order chi connectivity index (χ0) is 11.6. The minimum atomic E-state index is -2.32. The van der Waals surface area contributed by atoms with E-state index in [1.54, 1.807) is 13.3 Å². The molecule has 92 valence electrons. The fourth-order valence-electron chi connectivity index (χ4n) is 2.38. The van der Waals surface area contributed by atoms with E-state index in [1.165, 1.54) is 25.7 Å². The average Bonchev–Trinajstić information content (AvgIpc) is 2.86. The van der Waals surface area contributed by atoms with Crippen molar-refractivity contribution in [1.82, 2.24) is 9.80 Å². The van der Waals surface area contributed by atoms with Gasteiger partial charge < -0.3 is 9.80 Å². The topological polar surface area (TPSA) is 35.9 Å². The molecule has 0 bridgehead atoms. The van der Waals surface area contributed by atoms with Crippen molar-refractivity contribution in [2.24, 2.45) is 4.76 Å². The SMILES string of the molecule is CP(C)(=O)N=C(N1CCCC1)N1CCCC1. The first-order valence-corrected chi connectivity index (χ1v) is 8.77. The molecule has 0 N–H and O–H groups in total. The Kier molecular flexibility index (Phi) is 3.58. The molecule has 4 nitrogen and oxygen atoms in total. The van der Waals surface area contributed by atoms with E-state index in [-0.39, 0.29) is 0 Å². The monoisotopic (exact) mass is 243 g/mol. The molecular weight excluding hydrogens is 221 g/mol. The smallest absolute Gasteiger partial charge is 0.203 e. The van der Waals surface area contributed by atoms with Gasteiger partial charge in [-0.1, -0.05) is 0 Å². The number of nitrogens with zero attached hydrogens (tertiary/aromatic N) is 3. The van der Waals surface area contributed by atoms with E-state index in [0.717, 1.165) is 32.1 Å². The lowest BCUT2D eigenvalue weighted by atomic mass is 10.4. The van der Waals surface area contributed by atoms with Crippen LogP contribution < -0.4 is 0 Å². The maximum absolute atomic E-state index is 11.9. The third kappa shape index (κ3) is 3.00. The first kappa shape index (κ1) is 12.0. The number of guanidine groups is 1. The van der Waals surface area contributed by atoms with Crippen molar-refractivity contribution in [3.63, 3.8) is 0 Å². The fraction of sp³-hybridized carbons (Fsp3) is 0.909. The molecule has 0 amide bonds. The fourth-order valence-corrected chi connectivity index (χ4v) is 3.06. The highest BCUT2D eigenvalue weighted by molar-refractivity contribution is 7.61. The van der Waals surface area contributed by atoms with Crippen LogP contribution in [0.15, 0.2) is 4.76 Å². The maximum atomic E-state index is 11.9. The van der Waals surface area contributed by atoms with Crippen molar-refractivity contribution in [3.05, 3.63) is 0 Å². The Hall–Kier alpha value is -0.500. The highest BCUT2D eigenvalue weighted by atomic mass is 31.2. The largest absolute Gasteiger partial charge is 0.343 e. The van der Waals surface area contributed by atoms with Gasteiger partial charge in [0.1, 0.15) is 0 Å². The van der Waals surface area contributed by atoms with Gasteiger partial charge in [-0.05, 0) is 25.7 Å². The molecule has 0 spiro atoms. The summed E-state index contributed by atoms with van der Waals surface area (Å²) in [6.07, 6.45) is 4.96. The van der Waals surface area contributed by atoms with Crippen molar-refractivity contribution < 1.29 is 4.57 Å². The summed E-state index contributed by atoms with van der Waals surface area (Å²) in [5, 5.41) is 0. The molecule has 2 saturated heterocycles. The maximum Gasteiger partial charge on any atom is 0.203 e. The summed E-state index contributed by atoms with van der Waals surface area (Å²) in [4.78, 5) is 4.62. The summed E-state index contributed by atoms with van der Waals surface area (Å²) < 4.78 is 16.4. The molecule has 2 rings (SSSR count). The predicted octanol–water partition coefficient (Wildman–Crippen LogP) is 2.07. The van der Waals surface area contributed by atoms with Gasteiger partial charge in [0.15, 0.2) is 7.29 Å². The number of rotatable bonds is 1. The number of hydrogen-bond donors (Lipinski definition) is 0. The van der Waals surface area contributed by atoms with Gasteiger partial charge >= 0.3 is 0 Å². The van der Waals surface area contributed by atoms with Crippen LogP contribution >= 0.6 is 7.29 Å². The lowest BCUT2D eigenvalue weighted by molar-refractivity contribution is 0.396. The lowest BCUT2D eigenvalue weighted by Gasteiger charge is -2.29. The molecule has 0 aromatic rings. The normalized spacial score (nSPS) is 21.6. The van der Waals surface area contributed by atoms with Crippen LogP contribution in [0.2, 0.25) is 0 Å². The minimum Gasteiger partial charge on any atom is -0.343 e. The van der Waals surface area contributed by atoms with Crippen LogP contribution in [0.4, 0.5) is 0 Å². The van der Waals surface area contributed by atoms with Gasteiger partial charge in [-0.15, -0.1) is 0 Å². The third-order valence-electron chi connectivity index (χ3n) is 3.11. The van der Waals surface area contributed by atoms with Gasteiger partial charge in [0.2, 0.25) is 5.96 Å². The van der Waals surface area contributed by atoms with Crippen molar-refractivity contribution in [3.8, 4) is 0 Å². The highest BCUT2D eigenvalue weighted by Crippen LogP contribution is 2.39. The minimum absolute atomic E-state index is 1.00. The quantitative estimate of drug-likeness (QED) is 0.402. The second kappa shape index (κ2) is 4.79. The molecule has 2 heterocycles. The molecule has 2 fully saturated rings. The van der Waals surface area contributed by atoms with E-state index >= 15 is 0 Å². The Labute approximate surface area is 98.1 Å². The van der Waals surface area contributed by atoms with Crippen molar-refractivity contribution in [2.75, 3.05) is 39.5 Å². The van der Waals surface area contributed by atoms with Gasteiger partial charge in [-0.3, -0.25) is 4.57 Å². The van der Waals surface area contributed by atoms with Crippen LogP contribution in [0.5, 0.6) is 0 Å². The first-order valence-electron chi connectivity index (χ1n) is 6.21. The standard InChI is InChI=1S/C11H22N3OP/c1-16(2,15)12-11(13-7-3-4-8-13)14-9-5-6-10-14/h3-10H2,1-2H3. The Morgan fingerprint density at radius 3 is 1.62 bits per heavy atom. The van der Waals surface area contributed by atoms with E-state index in [9.17, 15) is 4.57 Å². The molecule has 0 aromatic carbocycles. The van der Waals surface area contributed by atoms with Crippen LogP contribution in [-0.2, 0) is 4.57 Å². The highest BCUT2D eigenvalue weighted by Gasteiger charge is 2.25. The first-order chi connectivity index (χ1) is 7.56. The van der Waals surface area contributed by atoms with E-state index < -0.39 is 7.29 Å².